The zero-order valence-corrected chi connectivity index (χ0v) is 44.3. The third-order valence-corrected chi connectivity index (χ3v) is 16.8. The molecule has 0 aliphatic carbocycles. The van der Waals surface area contributed by atoms with Gasteiger partial charge in [0.25, 0.3) is 0 Å². The molecule has 370 valence electrons. The van der Waals surface area contributed by atoms with Crippen LogP contribution in [-0.4, -0.2) is 15.4 Å². The van der Waals surface area contributed by atoms with E-state index in [1.165, 1.54) is 116 Å². The Labute approximate surface area is 441 Å². The Morgan fingerprint density at radius 1 is 0.446 bits per heavy atom. The molecule has 0 aliphatic rings. The topological polar surface area (TPSA) is 30.2 Å². The third-order valence-electron chi connectivity index (χ3n) is 15.7. The molecule has 0 bridgehead atoms. The minimum absolute atomic E-state index is 0.539. The van der Waals surface area contributed by atoms with Crippen molar-refractivity contribution in [1.82, 2.24) is 9.13 Å². The number of carbonyl (C=O) groups is 1. The summed E-state index contributed by atoms with van der Waals surface area (Å²) >= 11 is 1.55. The third kappa shape index (κ3) is 9.28. The predicted molar refractivity (Wildman–Crippen MR) is 319 cm³/mol. The highest BCUT2D eigenvalue weighted by Gasteiger charge is 2.29. The number of carbonyl (C=O) groups excluding carboxylic acids is 1. The molecule has 4 nitrogen and oxygen atoms in total. The maximum atomic E-state index is 11.8. The molecule has 3 heterocycles. The summed E-state index contributed by atoms with van der Waals surface area (Å²) in [5, 5.41) is 5.26. The van der Waals surface area contributed by atoms with Crippen LogP contribution in [-0.2, 0) is 13.1 Å². The van der Waals surface area contributed by atoms with Gasteiger partial charge in [-0.1, -0.05) is 200 Å². The van der Waals surface area contributed by atoms with Crippen LogP contribution in [0.2, 0.25) is 0 Å². The maximum Gasteiger partial charge on any atom is 0.160 e. The molecular weight excluding hydrogens is 919 g/mol. The highest BCUT2D eigenvalue weighted by molar-refractivity contribution is 7.17. The lowest BCUT2D eigenvalue weighted by Gasteiger charge is -2.25. The van der Waals surface area contributed by atoms with Crippen molar-refractivity contribution in [2.45, 2.75) is 92.2 Å². The summed E-state index contributed by atoms with van der Waals surface area (Å²) in [6.07, 6.45) is 10.5. The molecule has 2 unspecified atom stereocenters. The lowest BCUT2D eigenvalue weighted by molar-refractivity contribution is 0.112. The zero-order chi connectivity index (χ0) is 50.5. The van der Waals surface area contributed by atoms with Crippen molar-refractivity contribution in [1.29, 1.82) is 0 Å². The number of thiophene rings is 1. The van der Waals surface area contributed by atoms with E-state index in [0.29, 0.717) is 11.8 Å². The summed E-state index contributed by atoms with van der Waals surface area (Å²) in [4.78, 5) is 16.0. The number of rotatable bonds is 20. The zero-order valence-electron chi connectivity index (χ0n) is 43.4. The van der Waals surface area contributed by atoms with Crippen molar-refractivity contribution in [3.63, 3.8) is 0 Å². The molecule has 3 aromatic heterocycles. The summed E-state index contributed by atoms with van der Waals surface area (Å²) in [5.41, 5.74) is 17.2. The number of nitrogens with zero attached hydrogens (tertiary/aromatic N) is 3. The molecule has 0 aliphatic heterocycles. The molecule has 74 heavy (non-hydrogen) atoms. The molecular formula is C69H67N3OS. The van der Waals surface area contributed by atoms with E-state index < -0.39 is 0 Å². The number of aldehydes is 1. The summed E-state index contributed by atoms with van der Waals surface area (Å²) in [6, 6.07) is 71.5. The molecule has 2 atom stereocenters. The van der Waals surface area contributed by atoms with Crippen molar-refractivity contribution in [3.05, 3.63) is 199 Å². The van der Waals surface area contributed by atoms with Gasteiger partial charge in [-0.2, -0.15) is 0 Å². The summed E-state index contributed by atoms with van der Waals surface area (Å²) in [7, 11) is 0. The molecule has 0 amide bonds. The maximum absolute atomic E-state index is 11.8. The van der Waals surface area contributed by atoms with E-state index in [0.717, 1.165) is 64.6 Å². The summed E-state index contributed by atoms with van der Waals surface area (Å²) in [5.74, 6) is 1.08. The van der Waals surface area contributed by atoms with Gasteiger partial charge < -0.3 is 14.0 Å². The van der Waals surface area contributed by atoms with E-state index >= 15 is 0 Å². The smallest absolute Gasteiger partial charge is 0.160 e. The Bertz CT molecular complexity index is 3630. The molecule has 5 heteroatoms. The van der Waals surface area contributed by atoms with E-state index in [2.05, 4.69) is 230 Å². The molecule has 11 aromatic rings. The first-order valence-electron chi connectivity index (χ1n) is 27.3. The average molecular weight is 986 g/mol. The van der Waals surface area contributed by atoms with Gasteiger partial charge in [-0.15, -0.1) is 11.3 Å². The SMILES string of the molecule is CCCCC(CC)Cn1c2ccccc2c2c(-c3ccc(-c4ccc(C=O)s4)cc3)c3c(c(-c4ccc(-c5ccc(N(c6ccccc6)c6ccccc6)cc5)cc4)c21)c1ccccc1n3CC(CC)CCCC. The molecule has 0 radical (unpaired) electrons. The highest BCUT2D eigenvalue weighted by Crippen LogP contribution is 2.52. The standard InChI is InChI=1S/C69H67N3OS/c1-5-9-21-48(7-3)45-70-62-30-20-18-28-60(62)67-65(54-37-33-52(34-38-54)63-44-43-58(47-73)74-63)69-66(59-27-17-19-29-61(59)71(69)46-49(8-4)22-10-6-2)64(68(67)70)53-35-31-50(32-36-53)51-39-41-57(42-40-51)72(55-23-13-11-14-24-55)56-25-15-12-16-26-56/h11-20,23-44,47-49H,5-10,21-22,45-46H2,1-4H3. The summed E-state index contributed by atoms with van der Waals surface area (Å²) in [6.45, 7) is 11.3. The van der Waals surface area contributed by atoms with E-state index in [9.17, 15) is 4.79 Å². The fraction of sp³-hybridized carbons (Fsp3) is 0.232. The van der Waals surface area contributed by atoms with Gasteiger partial charge in [-0.05, 0) is 113 Å². The Hall–Kier alpha value is -7.47. The van der Waals surface area contributed by atoms with Gasteiger partial charge in [-0.25, -0.2) is 0 Å². The largest absolute Gasteiger partial charge is 0.340 e. The number of hydrogen-bond donors (Lipinski definition) is 0. The summed E-state index contributed by atoms with van der Waals surface area (Å²) < 4.78 is 5.45. The number of benzene rings is 8. The van der Waals surface area contributed by atoms with Gasteiger partial charge in [0, 0.05) is 78.7 Å². The van der Waals surface area contributed by atoms with Gasteiger partial charge in [0.05, 0.1) is 15.9 Å². The van der Waals surface area contributed by atoms with Crippen molar-refractivity contribution in [3.8, 4) is 43.8 Å². The molecule has 11 rings (SSSR count). The molecule has 0 spiro atoms. The van der Waals surface area contributed by atoms with Crippen LogP contribution in [0.3, 0.4) is 0 Å². The molecule has 0 fully saturated rings. The Morgan fingerprint density at radius 2 is 0.851 bits per heavy atom. The monoisotopic (exact) mass is 986 g/mol. The number of fused-ring (bicyclic) bond motifs is 6. The number of hydrogen-bond acceptors (Lipinski definition) is 3. The van der Waals surface area contributed by atoms with Crippen LogP contribution in [0.1, 0.15) is 88.7 Å². The van der Waals surface area contributed by atoms with Crippen LogP contribution in [0.25, 0.3) is 87.4 Å². The Kier molecular flexibility index (Phi) is 14.5. The van der Waals surface area contributed by atoms with Crippen LogP contribution < -0.4 is 4.90 Å². The first kappa shape index (κ1) is 48.8. The lowest BCUT2D eigenvalue weighted by Crippen LogP contribution is -2.11. The average Bonchev–Trinajstić information content (AvgIpc) is 4.17. The highest BCUT2D eigenvalue weighted by atomic mass is 32.1. The molecule has 8 aromatic carbocycles. The van der Waals surface area contributed by atoms with Crippen molar-refractivity contribution >= 4 is 78.3 Å². The van der Waals surface area contributed by atoms with Crippen molar-refractivity contribution in [2.75, 3.05) is 4.90 Å². The second-order valence-electron chi connectivity index (χ2n) is 20.3. The van der Waals surface area contributed by atoms with Crippen molar-refractivity contribution < 1.29 is 4.79 Å². The van der Waals surface area contributed by atoms with E-state index in [1.807, 2.05) is 6.07 Å². The fourth-order valence-electron chi connectivity index (χ4n) is 11.8. The van der Waals surface area contributed by atoms with Gasteiger partial charge in [0.15, 0.2) is 6.29 Å². The number of unbranched alkanes of at least 4 members (excludes halogenated alkanes) is 2. The molecule has 0 saturated heterocycles. The Morgan fingerprint density at radius 3 is 1.28 bits per heavy atom. The number of aromatic nitrogens is 2. The van der Waals surface area contributed by atoms with Gasteiger partial charge in [0.2, 0.25) is 0 Å². The van der Waals surface area contributed by atoms with E-state index in [1.54, 1.807) is 11.3 Å². The van der Waals surface area contributed by atoms with Crippen LogP contribution >= 0.6 is 11.3 Å². The Balaban J connectivity index is 1.16. The normalized spacial score (nSPS) is 12.5. The minimum atomic E-state index is 0.539. The second kappa shape index (κ2) is 21.9. The van der Waals surface area contributed by atoms with Gasteiger partial charge >= 0.3 is 0 Å². The number of anilines is 3. The predicted octanol–water partition coefficient (Wildman–Crippen LogP) is 20.3. The van der Waals surface area contributed by atoms with Crippen LogP contribution in [0.15, 0.2) is 194 Å². The molecule has 0 saturated carbocycles. The van der Waals surface area contributed by atoms with Gasteiger partial charge in [-0.3, -0.25) is 4.79 Å². The van der Waals surface area contributed by atoms with Crippen LogP contribution in [0.5, 0.6) is 0 Å². The van der Waals surface area contributed by atoms with Crippen molar-refractivity contribution in [2.24, 2.45) is 11.8 Å². The fourth-order valence-corrected chi connectivity index (χ4v) is 12.6. The lowest BCUT2D eigenvalue weighted by atomic mass is 9.88. The molecule has 0 N–H and O–H groups in total. The first-order chi connectivity index (χ1) is 36.5. The van der Waals surface area contributed by atoms with E-state index in [4.69, 9.17) is 0 Å². The second-order valence-corrected chi connectivity index (χ2v) is 21.4. The number of para-hydroxylation sites is 4. The van der Waals surface area contributed by atoms with Gasteiger partial charge in [0.1, 0.15) is 0 Å². The van der Waals surface area contributed by atoms with E-state index in [-0.39, 0.29) is 0 Å². The van der Waals surface area contributed by atoms with Crippen LogP contribution in [0, 0.1) is 11.8 Å². The minimum Gasteiger partial charge on any atom is -0.340 e. The van der Waals surface area contributed by atoms with Crippen LogP contribution in [0.4, 0.5) is 17.1 Å². The first-order valence-corrected chi connectivity index (χ1v) is 28.1. The quantitative estimate of drug-likeness (QED) is 0.0713.